The van der Waals surface area contributed by atoms with Crippen LogP contribution in [-0.2, 0) is 0 Å². The second-order valence-corrected chi connectivity index (χ2v) is 4.75. The van der Waals surface area contributed by atoms with Gasteiger partial charge in [-0.2, -0.15) is 4.99 Å². The lowest BCUT2D eigenvalue weighted by Crippen LogP contribution is -2.21. The zero-order valence-electron chi connectivity index (χ0n) is 10.5. The molecule has 0 aliphatic rings. The fraction of sp³-hybridized carbons (Fsp3) is 0.182. The predicted molar refractivity (Wildman–Crippen MR) is 73.3 cm³/mol. The van der Waals surface area contributed by atoms with E-state index in [1.807, 2.05) is 0 Å². The fourth-order valence-electron chi connectivity index (χ4n) is 1.35. The van der Waals surface area contributed by atoms with Crippen molar-refractivity contribution < 1.29 is 9.21 Å². The smallest absolute Gasteiger partial charge is 0.289 e. The van der Waals surface area contributed by atoms with E-state index in [1.54, 1.807) is 31.6 Å². The van der Waals surface area contributed by atoms with E-state index in [0.29, 0.717) is 16.6 Å². The molecule has 4 N–H and O–H groups in total. The first-order chi connectivity index (χ1) is 8.97. The van der Waals surface area contributed by atoms with Crippen molar-refractivity contribution in [3.63, 3.8) is 0 Å². The Morgan fingerprint density at radius 1 is 1.42 bits per heavy atom. The Balaban J connectivity index is 2.26. The third-order valence-electron chi connectivity index (χ3n) is 2.19. The molecule has 0 aliphatic heterocycles. The number of guanidine groups is 1. The number of hydrogen-bond acceptors (Lipinski definition) is 5. The molecule has 0 fully saturated rings. The number of amides is 1. The Kier molecular flexibility index (Phi) is 3.52. The molecule has 0 saturated carbocycles. The zero-order valence-corrected chi connectivity index (χ0v) is 11.3. The van der Waals surface area contributed by atoms with Gasteiger partial charge in [0.15, 0.2) is 17.5 Å². The number of aliphatic imine (C=N–C) groups is 1. The first kappa shape index (κ1) is 13.1. The maximum Gasteiger partial charge on any atom is 0.289 e. The van der Waals surface area contributed by atoms with Crippen LogP contribution in [0.5, 0.6) is 0 Å². The Morgan fingerprint density at radius 3 is 2.79 bits per heavy atom. The number of aromatic nitrogens is 1. The van der Waals surface area contributed by atoms with Gasteiger partial charge in [0.2, 0.25) is 5.13 Å². The van der Waals surface area contributed by atoms with E-state index < -0.39 is 0 Å². The number of hydrogen-bond donors (Lipinski definition) is 2. The van der Waals surface area contributed by atoms with Gasteiger partial charge in [-0.3, -0.25) is 4.79 Å². The van der Waals surface area contributed by atoms with Crippen LogP contribution < -0.4 is 11.5 Å². The maximum atomic E-state index is 11.7. The molecule has 0 saturated heterocycles. The lowest BCUT2D eigenvalue weighted by atomic mass is 10.3. The number of nitrogens with two attached hydrogens (primary N) is 2. The highest BCUT2D eigenvalue weighted by molar-refractivity contribution is 7.13. The van der Waals surface area contributed by atoms with Crippen LogP contribution in [0.25, 0.3) is 11.5 Å². The summed E-state index contributed by atoms with van der Waals surface area (Å²) >= 11 is 1.28. The van der Waals surface area contributed by atoms with Crippen molar-refractivity contribution in [2.24, 2.45) is 16.5 Å². The fourth-order valence-corrected chi connectivity index (χ4v) is 2.05. The van der Waals surface area contributed by atoms with Gasteiger partial charge in [-0.15, -0.1) is 11.3 Å². The predicted octanol–water partition coefficient (Wildman–Crippen LogP) is 1.01. The molecule has 100 valence electrons. The number of carbonyl (C=O) groups is 1. The molecule has 0 unspecified atom stereocenters. The molecule has 0 aliphatic carbocycles. The third-order valence-corrected chi connectivity index (χ3v) is 2.93. The number of nitrogens with zero attached hydrogens (tertiary/aromatic N) is 3. The van der Waals surface area contributed by atoms with Gasteiger partial charge < -0.3 is 20.8 Å². The van der Waals surface area contributed by atoms with Gasteiger partial charge >= 0.3 is 0 Å². The molecular weight excluding hydrogens is 266 g/mol. The van der Waals surface area contributed by atoms with Crippen molar-refractivity contribution in [2.75, 3.05) is 14.1 Å². The highest BCUT2D eigenvalue weighted by Crippen LogP contribution is 2.28. The van der Waals surface area contributed by atoms with E-state index in [2.05, 4.69) is 9.98 Å². The van der Waals surface area contributed by atoms with Crippen LogP contribution in [0.15, 0.2) is 26.9 Å². The summed E-state index contributed by atoms with van der Waals surface area (Å²) in [7, 11) is 3.31. The average Bonchev–Trinajstić information content (AvgIpc) is 2.94. The lowest BCUT2D eigenvalue weighted by molar-refractivity contribution is 0.0797. The van der Waals surface area contributed by atoms with Gasteiger partial charge in [0.1, 0.15) is 5.69 Å². The molecule has 0 aromatic carbocycles. The molecule has 0 bridgehead atoms. The van der Waals surface area contributed by atoms with Crippen LogP contribution in [0.1, 0.15) is 10.6 Å². The second-order valence-electron chi connectivity index (χ2n) is 3.92. The average molecular weight is 279 g/mol. The molecule has 0 atom stereocenters. The molecular formula is C11H13N5O2S. The van der Waals surface area contributed by atoms with Gasteiger partial charge in [0, 0.05) is 19.5 Å². The Bertz CT molecular complexity index is 625. The van der Waals surface area contributed by atoms with Crippen molar-refractivity contribution in [3.8, 4) is 11.5 Å². The van der Waals surface area contributed by atoms with Crippen molar-refractivity contribution in [1.29, 1.82) is 0 Å². The first-order valence-electron chi connectivity index (χ1n) is 5.34. The summed E-state index contributed by atoms with van der Waals surface area (Å²) < 4.78 is 5.45. The normalized spacial score (nSPS) is 10.2. The molecule has 7 nitrogen and oxygen atoms in total. The van der Waals surface area contributed by atoms with E-state index in [-0.39, 0.29) is 17.6 Å². The van der Waals surface area contributed by atoms with Gasteiger partial charge in [-0.1, -0.05) is 0 Å². The van der Waals surface area contributed by atoms with Gasteiger partial charge in [0.25, 0.3) is 5.91 Å². The summed E-state index contributed by atoms with van der Waals surface area (Å²) in [5, 5.41) is 2.19. The standard InChI is InChI=1S/C11H13N5O2S/c1-16(2)9(17)8-4-3-7(18-8)6-5-19-11(14-6)15-10(12)13/h3-5H,1-2H3,(H4,12,13,14,15). The summed E-state index contributed by atoms with van der Waals surface area (Å²) in [5.74, 6) is 0.504. The summed E-state index contributed by atoms with van der Waals surface area (Å²) in [4.78, 5) is 21.2. The first-order valence-corrected chi connectivity index (χ1v) is 6.22. The van der Waals surface area contributed by atoms with Gasteiger partial charge in [-0.25, -0.2) is 4.98 Å². The van der Waals surface area contributed by atoms with Crippen LogP contribution in [0.3, 0.4) is 0 Å². The molecule has 19 heavy (non-hydrogen) atoms. The van der Waals surface area contributed by atoms with E-state index in [4.69, 9.17) is 15.9 Å². The third kappa shape index (κ3) is 2.91. The molecule has 0 radical (unpaired) electrons. The van der Waals surface area contributed by atoms with E-state index in [9.17, 15) is 4.79 Å². The Hall–Kier alpha value is -2.35. The van der Waals surface area contributed by atoms with Crippen molar-refractivity contribution in [3.05, 3.63) is 23.3 Å². The lowest BCUT2D eigenvalue weighted by Gasteiger charge is -2.06. The minimum Gasteiger partial charge on any atom is -0.449 e. The van der Waals surface area contributed by atoms with Crippen LogP contribution in [0.4, 0.5) is 5.13 Å². The highest BCUT2D eigenvalue weighted by atomic mass is 32.1. The summed E-state index contributed by atoms with van der Waals surface area (Å²) in [6.07, 6.45) is 0. The molecule has 2 rings (SSSR count). The van der Waals surface area contributed by atoms with Crippen LogP contribution >= 0.6 is 11.3 Å². The van der Waals surface area contributed by atoms with Crippen molar-refractivity contribution in [2.45, 2.75) is 0 Å². The largest absolute Gasteiger partial charge is 0.449 e. The molecule has 1 amide bonds. The second kappa shape index (κ2) is 5.11. The van der Waals surface area contributed by atoms with Crippen LogP contribution in [-0.4, -0.2) is 35.8 Å². The molecule has 2 heterocycles. The topological polar surface area (TPSA) is 111 Å². The zero-order chi connectivity index (χ0) is 14.0. The van der Waals surface area contributed by atoms with Crippen LogP contribution in [0, 0.1) is 0 Å². The Morgan fingerprint density at radius 2 is 2.16 bits per heavy atom. The molecule has 0 spiro atoms. The van der Waals surface area contributed by atoms with Gasteiger partial charge in [0.05, 0.1) is 0 Å². The van der Waals surface area contributed by atoms with E-state index in [0.717, 1.165) is 0 Å². The van der Waals surface area contributed by atoms with Gasteiger partial charge in [-0.05, 0) is 12.1 Å². The quantitative estimate of drug-likeness (QED) is 0.643. The SMILES string of the molecule is CN(C)C(=O)c1ccc(-c2csc(N=C(N)N)n2)o1. The number of carbonyl (C=O) groups excluding carboxylic acids is 1. The molecule has 2 aromatic heterocycles. The Labute approximate surface area is 113 Å². The summed E-state index contributed by atoms with van der Waals surface area (Å²) in [5.41, 5.74) is 11.1. The minimum absolute atomic E-state index is 0.0520. The molecule has 2 aromatic rings. The number of thiazole rings is 1. The van der Waals surface area contributed by atoms with Crippen molar-refractivity contribution in [1.82, 2.24) is 9.88 Å². The molecule has 8 heteroatoms. The maximum absolute atomic E-state index is 11.7. The number of rotatable bonds is 3. The summed E-state index contributed by atoms with van der Waals surface area (Å²) in [6, 6.07) is 3.29. The van der Waals surface area contributed by atoms with E-state index in [1.165, 1.54) is 16.2 Å². The van der Waals surface area contributed by atoms with Crippen LogP contribution in [0.2, 0.25) is 0 Å². The number of furan rings is 1. The van der Waals surface area contributed by atoms with Crippen molar-refractivity contribution >= 4 is 28.3 Å². The van der Waals surface area contributed by atoms with E-state index >= 15 is 0 Å². The minimum atomic E-state index is -0.203. The highest BCUT2D eigenvalue weighted by Gasteiger charge is 2.15. The monoisotopic (exact) mass is 279 g/mol. The summed E-state index contributed by atoms with van der Waals surface area (Å²) in [6.45, 7) is 0.